The van der Waals surface area contributed by atoms with Crippen molar-refractivity contribution < 1.29 is 4.74 Å². The molecule has 6 nitrogen and oxygen atoms in total. The van der Waals surface area contributed by atoms with Gasteiger partial charge in [0.2, 0.25) is 5.95 Å². The van der Waals surface area contributed by atoms with E-state index in [1.165, 1.54) is 0 Å². The van der Waals surface area contributed by atoms with Gasteiger partial charge in [-0.25, -0.2) is 4.98 Å². The van der Waals surface area contributed by atoms with Gasteiger partial charge in [-0.1, -0.05) is 12.1 Å². The number of rotatable bonds is 5. The van der Waals surface area contributed by atoms with E-state index in [4.69, 9.17) is 9.72 Å². The molecule has 0 amide bonds. The van der Waals surface area contributed by atoms with E-state index in [0.29, 0.717) is 5.95 Å². The van der Waals surface area contributed by atoms with Crippen molar-refractivity contribution in [3.05, 3.63) is 48.5 Å². The molecule has 0 bridgehead atoms. The van der Waals surface area contributed by atoms with Crippen LogP contribution in [-0.2, 0) is 0 Å². The second-order valence-electron chi connectivity index (χ2n) is 6.37. The summed E-state index contributed by atoms with van der Waals surface area (Å²) in [5.41, 5.74) is 4.63. The van der Waals surface area contributed by atoms with Crippen LogP contribution >= 0.6 is 0 Å². The summed E-state index contributed by atoms with van der Waals surface area (Å²) in [6, 6.07) is 16.0. The van der Waals surface area contributed by atoms with Gasteiger partial charge in [-0.15, -0.1) is 10.2 Å². The smallest absolute Gasteiger partial charge is 0.245 e. The summed E-state index contributed by atoms with van der Waals surface area (Å²) in [6.45, 7) is 0. The number of methoxy groups -OCH3 is 1. The van der Waals surface area contributed by atoms with Crippen molar-refractivity contribution in [2.75, 3.05) is 45.1 Å². The molecular weight excluding hydrogens is 326 g/mol. The van der Waals surface area contributed by atoms with Crippen LogP contribution in [0.1, 0.15) is 0 Å². The summed E-state index contributed by atoms with van der Waals surface area (Å²) >= 11 is 0. The van der Waals surface area contributed by atoms with Crippen molar-refractivity contribution in [3.8, 4) is 28.3 Å². The first-order valence-electron chi connectivity index (χ1n) is 8.34. The van der Waals surface area contributed by atoms with E-state index in [2.05, 4.69) is 27.2 Å². The standard InChI is InChI=1S/C20H23N5O/c1-24(2)16-10-6-15(7-11-16)19-18(21-20(23-22-19)25(3)4)14-8-12-17(26-5)13-9-14/h6-13H,1-5H3. The SMILES string of the molecule is COc1ccc(-c2nc(N(C)C)nnc2-c2ccc(N(C)C)cc2)cc1. The van der Waals surface area contributed by atoms with Crippen LogP contribution in [-0.4, -0.2) is 50.5 Å². The Balaban J connectivity index is 2.11. The second kappa shape index (κ2) is 7.39. The summed E-state index contributed by atoms with van der Waals surface area (Å²) in [4.78, 5) is 8.64. The summed E-state index contributed by atoms with van der Waals surface area (Å²) < 4.78 is 5.26. The van der Waals surface area contributed by atoms with Gasteiger partial charge in [0, 0.05) is 45.0 Å². The van der Waals surface area contributed by atoms with Gasteiger partial charge in [-0.3, -0.25) is 0 Å². The number of hydrogen-bond acceptors (Lipinski definition) is 6. The van der Waals surface area contributed by atoms with Crippen molar-refractivity contribution in [3.63, 3.8) is 0 Å². The third kappa shape index (κ3) is 3.59. The molecule has 0 radical (unpaired) electrons. The van der Waals surface area contributed by atoms with Crippen LogP contribution in [0.4, 0.5) is 11.6 Å². The third-order valence-corrected chi connectivity index (χ3v) is 4.10. The number of anilines is 2. The van der Waals surface area contributed by atoms with Gasteiger partial charge in [0.1, 0.15) is 17.1 Å². The maximum absolute atomic E-state index is 5.26. The highest BCUT2D eigenvalue weighted by Gasteiger charge is 2.15. The lowest BCUT2D eigenvalue weighted by Gasteiger charge is -2.15. The predicted octanol–water partition coefficient (Wildman–Crippen LogP) is 3.35. The topological polar surface area (TPSA) is 54.4 Å². The number of ether oxygens (including phenoxy) is 1. The van der Waals surface area contributed by atoms with E-state index >= 15 is 0 Å². The highest BCUT2D eigenvalue weighted by atomic mass is 16.5. The maximum Gasteiger partial charge on any atom is 0.245 e. The normalized spacial score (nSPS) is 10.5. The average molecular weight is 349 g/mol. The Morgan fingerprint density at radius 1 is 0.692 bits per heavy atom. The van der Waals surface area contributed by atoms with Crippen molar-refractivity contribution in [2.45, 2.75) is 0 Å². The van der Waals surface area contributed by atoms with Crippen LogP contribution in [0.15, 0.2) is 48.5 Å². The Bertz CT molecular complexity index is 874. The highest BCUT2D eigenvalue weighted by Crippen LogP contribution is 2.31. The van der Waals surface area contributed by atoms with E-state index in [1.54, 1.807) is 7.11 Å². The minimum atomic E-state index is 0.574. The predicted molar refractivity (Wildman–Crippen MR) is 106 cm³/mol. The molecule has 134 valence electrons. The molecule has 0 aliphatic heterocycles. The quantitative estimate of drug-likeness (QED) is 0.704. The van der Waals surface area contributed by atoms with Crippen LogP contribution in [0.3, 0.4) is 0 Å². The maximum atomic E-state index is 5.26. The van der Waals surface area contributed by atoms with Gasteiger partial charge in [0.25, 0.3) is 0 Å². The number of benzene rings is 2. The van der Waals surface area contributed by atoms with Crippen LogP contribution in [0.2, 0.25) is 0 Å². The Labute approximate surface area is 154 Å². The highest BCUT2D eigenvalue weighted by molar-refractivity contribution is 5.79. The largest absolute Gasteiger partial charge is 0.497 e. The van der Waals surface area contributed by atoms with E-state index in [-0.39, 0.29) is 0 Å². The zero-order valence-electron chi connectivity index (χ0n) is 15.8. The summed E-state index contributed by atoms with van der Waals surface area (Å²) in [6.07, 6.45) is 0. The minimum absolute atomic E-state index is 0.574. The van der Waals surface area contributed by atoms with Crippen LogP contribution in [0, 0.1) is 0 Å². The lowest BCUT2D eigenvalue weighted by atomic mass is 10.0. The van der Waals surface area contributed by atoms with E-state index in [9.17, 15) is 0 Å². The molecule has 3 aromatic rings. The van der Waals surface area contributed by atoms with Gasteiger partial charge in [0.15, 0.2) is 0 Å². The number of hydrogen-bond donors (Lipinski definition) is 0. The van der Waals surface area contributed by atoms with E-state index in [1.807, 2.05) is 69.5 Å². The molecule has 0 fully saturated rings. The lowest BCUT2D eigenvalue weighted by molar-refractivity contribution is 0.415. The molecular formula is C20H23N5O. The van der Waals surface area contributed by atoms with E-state index < -0.39 is 0 Å². The van der Waals surface area contributed by atoms with Gasteiger partial charge < -0.3 is 14.5 Å². The molecule has 0 aliphatic rings. The third-order valence-electron chi connectivity index (χ3n) is 4.10. The first kappa shape index (κ1) is 17.7. The molecule has 6 heteroatoms. The van der Waals surface area contributed by atoms with E-state index in [0.717, 1.165) is 34.0 Å². The number of nitrogens with zero attached hydrogens (tertiary/aromatic N) is 5. The Morgan fingerprint density at radius 3 is 1.81 bits per heavy atom. The molecule has 1 aromatic heterocycles. The van der Waals surface area contributed by atoms with Crippen LogP contribution in [0.25, 0.3) is 22.5 Å². The van der Waals surface area contributed by atoms with Crippen molar-refractivity contribution >= 4 is 11.6 Å². The van der Waals surface area contributed by atoms with Gasteiger partial charge in [0.05, 0.1) is 7.11 Å². The fraction of sp³-hybridized carbons (Fsp3) is 0.250. The molecule has 0 spiro atoms. The molecule has 0 N–H and O–H groups in total. The minimum Gasteiger partial charge on any atom is -0.497 e. The monoisotopic (exact) mass is 349 g/mol. The molecule has 3 rings (SSSR count). The van der Waals surface area contributed by atoms with Gasteiger partial charge in [-0.2, -0.15) is 0 Å². The van der Waals surface area contributed by atoms with Gasteiger partial charge in [-0.05, 0) is 36.4 Å². The molecule has 0 unspecified atom stereocenters. The fourth-order valence-electron chi connectivity index (χ4n) is 2.57. The van der Waals surface area contributed by atoms with Gasteiger partial charge >= 0.3 is 0 Å². The Kier molecular flexibility index (Phi) is 5.02. The van der Waals surface area contributed by atoms with Crippen molar-refractivity contribution in [2.24, 2.45) is 0 Å². The first-order chi connectivity index (χ1) is 12.5. The van der Waals surface area contributed by atoms with Crippen molar-refractivity contribution in [1.29, 1.82) is 0 Å². The van der Waals surface area contributed by atoms with Crippen LogP contribution in [0.5, 0.6) is 5.75 Å². The number of aromatic nitrogens is 3. The first-order valence-corrected chi connectivity index (χ1v) is 8.34. The molecule has 0 atom stereocenters. The van der Waals surface area contributed by atoms with Crippen LogP contribution < -0.4 is 14.5 Å². The Morgan fingerprint density at radius 2 is 1.27 bits per heavy atom. The summed E-state index contributed by atoms with van der Waals surface area (Å²) in [5, 5.41) is 8.73. The average Bonchev–Trinajstić information content (AvgIpc) is 2.67. The summed E-state index contributed by atoms with van der Waals surface area (Å²) in [5.74, 6) is 1.38. The molecule has 0 aliphatic carbocycles. The lowest BCUT2D eigenvalue weighted by Crippen LogP contribution is -2.14. The second-order valence-corrected chi connectivity index (χ2v) is 6.37. The molecule has 2 aromatic carbocycles. The molecule has 26 heavy (non-hydrogen) atoms. The molecule has 0 saturated carbocycles. The fourth-order valence-corrected chi connectivity index (χ4v) is 2.57. The van der Waals surface area contributed by atoms with Crippen molar-refractivity contribution in [1.82, 2.24) is 15.2 Å². The zero-order valence-corrected chi connectivity index (χ0v) is 15.8. The summed E-state index contributed by atoms with van der Waals surface area (Å²) in [7, 11) is 9.50. The Hall–Kier alpha value is -3.15. The molecule has 1 heterocycles. The zero-order chi connectivity index (χ0) is 18.7. The molecule has 0 saturated heterocycles.